The molecule has 0 heterocycles. The summed E-state index contributed by atoms with van der Waals surface area (Å²) in [5.74, 6) is -1.29. The first-order chi connectivity index (χ1) is 8.58. The fourth-order valence-electron chi connectivity index (χ4n) is 1.58. The van der Waals surface area contributed by atoms with Crippen LogP contribution in [0.5, 0.6) is 0 Å². The summed E-state index contributed by atoms with van der Waals surface area (Å²) < 4.78 is 18.4. The highest BCUT2D eigenvalue weighted by Gasteiger charge is 2.13. The van der Waals surface area contributed by atoms with Crippen molar-refractivity contribution < 1.29 is 13.9 Å². The zero-order chi connectivity index (χ0) is 13.5. The molecule has 0 saturated heterocycles. The minimum absolute atomic E-state index is 0.116. The normalized spacial score (nSPS) is 10.7. The molecule has 1 aromatic carbocycles. The molecule has 5 heteroatoms. The predicted octanol–water partition coefficient (Wildman–Crippen LogP) is 1.91. The van der Waals surface area contributed by atoms with Gasteiger partial charge in [-0.25, -0.2) is 9.18 Å². The van der Waals surface area contributed by atoms with Gasteiger partial charge in [-0.2, -0.15) is 0 Å². The van der Waals surface area contributed by atoms with Crippen LogP contribution in [0.25, 0.3) is 0 Å². The van der Waals surface area contributed by atoms with Gasteiger partial charge in [0, 0.05) is 12.2 Å². The molecule has 1 aromatic rings. The number of esters is 1. The van der Waals surface area contributed by atoms with Crippen molar-refractivity contribution in [2.75, 3.05) is 32.0 Å². The van der Waals surface area contributed by atoms with Gasteiger partial charge in [-0.05, 0) is 31.3 Å². The number of carbonyl (C=O) groups is 1. The standard InChI is InChI=1S/C13H19FN2O2/c1-3-16(4-2)7-8-18-13(17)11-9-10(15)5-6-12(11)14/h5-6,9H,3-4,7-8,15H2,1-2H3. The molecular formula is C13H19FN2O2. The smallest absolute Gasteiger partial charge is 0.341 e. The average molecular weight is 254 g/mol. The Hall–Kier alpha value is -1.62. The minimum Gasteiger partial charge on any atom is -0.461 e. The highest BCUT2D eigenvalue weighted by atomic mass is 19.1. The molecule has 0 bridgehead atoms. The topological polar surface area (TPSA) is 55.6 Å². The molecule has 0 radical (unpaired) electrons. The second kappa shape index (κ2) is 6.96. The van der Waals surface area contributed by atoms with Crippen molar-refractivity contribution in [2.45, 2.75) is 13.8 Å². The molecule has 0 aliphatic heterocycles. The third kappa shape index (κ3) is 4.00. The Labute approximate surface area is 107 Å². The van der Waals surface area contributed by atoms with Crippen molar-refractivity contribution in [3.63, 3.8) is 0 Å². The lowest BCUT2D eigenvalue weighted by Crippen LogP contribution is -2.28. The van der Waals surface area contributed by atoms with Crippen LogP contribution < -0.4 is 5.73 Å². The van der Waals surface area contributed by atoms with E-state index in [2.05, 4.69) is 4.90 Å². The van der Waals surface area contributed by atoms with Crippen molar-refractivity contribution in [1.82, 2.24) is 4.90 Å². The number of benzene rings is 1. The van der Waals surface area contributed by atoms with Gasteiger partial charge in [-0.3, -0.25) is 0 Å². The fourth-order valence-corrected chi connectivity index (χ4v) is 1.58. The van der Waals surface area contributed by atoms with E-state index in [0.29, 0.717) is 12.2 Å². The number of likely N-dealkylation sites (N-methyl/N-ethyl adjacent to an activating group) is 1. The number of rotatable bonds is 6. The van der Waals surface area contributed by atoms with Gasteiger partial charge in [0.2, 0.25) is 0 Å². The zero-order valence-electron chi connectivity index (χ0n) is 10.8. The highest BCUT2D eigenvalue weighted by molar-refractivity contribution is 5.90. The quantitative estimate of drug-likeness (QED) is 0.622. The molecule has 0 aromatic heterocycles. The number of anilines is 1. The summed E-state index contributed by atoms with van der Waals surface area (Å²) >= 11 is 0. The monoisotopic (exact) mass is 254 g/mol. The van der Waals surface area contributed by atoms with E-state index in [1.54, 1.807) is 0 Å². The summed E-state index contributed by atoms with van der Waals surface area (Å²) in [4.78, 5) is 13.8. The van der Waals surface area contributed by atoms with Crippen molar-refractivity contribution in [1.29, 1.82) is 0 Å². The molecule has 0 spiro atoms. The Bertz CT molecular complexity index is 406. The van der Waals surface area contributed by atoms with E-state index in [9.17, 15) is 9.18 Å². The van der Waals surface area contributed by atoms with Crippen LogP contribution in [-0.4, -0.2) is 37.1 Å². The number of hydrogen-bond acceptors (Lipinski definition) is 4. The fraction of sp³-hybridized carbons (Fsp3) is 0.462. The van der Waals surface area contributed by atoms with E-state index in [1.807, 2.05) is 13.8 Å². The maximum absolute atomic E-state index is 13.4. The van der Waals surface area contributed by atoms with Crippen molar-refractivity contribution in [2.24, 2.45) is 0 Å². The maximum atomic E-state index is 13.4. The van der Waals surface area contributed by atoms with Gasteiger partial charge in [-0.15, -0.1) is 0 Å². The van der Waals surface area contributed by atoms with Crippen LogP contribution in [0.2, 0.25) is 0 Å². The minimum atomic E-state index is -0.674. The van der Waals surface area contributed by atoms with E-state index in [1.165, 1.54) is 12.1 Å². The van der Waals surface area contributed by atoms with Gasteiger partial charge < -0.3 is 15.4 Å². The van der Waals surface area contributed by atoms with Crippen molar-refractivity contribution >= 4 is 11.7 Å². The van der Waals surface area contributed by atoms with Crippen LogP contribution >= 0.6 is 0 Å². The first-order valence-electron chi connectivity index (χ1n) is 6.03. The largest absolute Gasteiger partial charge is 0.461 e. The number of carbonyl (C=O) groups excluding carboxylic acids is 1. The molecule has 4 nitrogen and oxygen atoms in total. The Kier molecular flexibility index (Phi) is 5.58. The molecule has 0 amide bonds. The number of nitrogen functional groups attached to an aromatic ring is 1. The first kappa shape index (κ1) is 14.4. The molecule has 0 aliphatic rings. The molecule has 0 fully saturated rings. The molecule has 100 valence electrons. The summed E-state index contributed by atoms with van der Waals surface area (Å²) in [6.07, 6.45) is 0. The van der Waals surface area contributed by atoms with E-state index in [4.69, 9.17) is 10.5 Å². The average Bonchev–Trinajstić information content (AvgIpc) is 2.37. The maximum Gasteiger partial charge on any atom is 0.341 e. The third-order valence-corrected chi connectivity index (χ3v) is 2.75. The number of ether oxygens (including phenoxy) is 1. The molecule has 0 atom stereocenters. The molecule has 0 aliphatic carbocycles. The lowest BCUT2D eigenvalue weighted by atomic mass is 10.2. The third-order valence-electron chi connectivity index (χ3n) is 2.75. The van der Waals surface area contributed by atoms with Crippen LogP contribution in [-0.2, 0) is 4.74 Å². The Balaban J connectivity index is 2.53. The Morgan fingerprint density at radius 3 is 2.67 bits per heavy atom. The molecule has 2 N–H and O–H groups in total. The number of hydrogen-bond donors (Lipinski definition) is 1. The van der Waals surface area contributed by atoms with E-state index < -0.39 is 11.8 Å². The number of halogens is 1. The molecule has 18 heavy (non-hydrogen) atoms. The van der Waals surface area contributed by atoms with Crippen molar-refractivity contribution in [3.8, 4) is 0 Å². The molecule has 1 rings (SSSR count). The summed E-state index contributed by atoms with van der Waals surface area (Å²) in [7, 11) is 0. The van der Waals surface area contributed by atoms with Gasteiger partial charge in [0.25, 0.3) is 0 Å². The van der Waals surface area contributed by atoms with Crippen LogP contribution in [0.4, 0.5) is 10.1 Å². The van der Waals surface area contributed by atoms with Gasteiger partial charge >= 0.3 is 5.97 Å². The highest BCUT2D eigenvalue weighted by Crippen LogP contribution is 2.13. The summed E-state index contributed by atoms with van der Waals surface area (Å²) in [6.45, 7) is 6.73. The first-order valence-corrected chi connectivity index (χ1v) is 6.03. The zero-order valence-corrected chi connectivity index (χ0v) is 10.8. The Morgan fingerprint density at radius 1 is 1.39 bits per heavy atom. The lowest BCUT2D eigenvalue weighted by Gasteiger charge is -2.17. The molecule has 0 unspecified atom stereocenters. The van der Waals surface area contributed by atoms with Gasteiger partial charge in [-0.1, -0.05) is 13.8 Å². The van der Waals surface area contributed by atoms with Crippen molar-refractivity contribution in [3.05, 3.63) is 29.6 Å². The van der Waals surface area contributed by atoms with E-state index in [0.717, 1.165) is 19.2 Å². The molecule has 0 saturated carbocycles. The van der Waals surface area contributed by atoms with Crippen LogP contribution in [0.15, 0.2) is 18.2 Å². The van der Waals surface area contributed by atoms with E-state index in [-0.39, 0.29) is 12.2 Å². The molecular weight excluding hydrogens is 235 g/mol. The second-order valence-corrected chi connectivity index (χ2v) is 3.90. The van der Waals surface area contributed by atoms with Gasteiger partial charge in [0.1, 0.15) is 12.4 Å². The SMILES string of the molecule is CCN(CC)CCOC(=O)c1cc(N)ccc1F. The van der Waals surface area contributed by atoms with Crippen LogP contribution in [0.3, 0.4) is 0 Å². The number of nitrogens with two attached hydrogens (primary N) is 1. The second-order valence-electron chi connectivity index (χ2n) is 3.90. The summed E-state index contributed by atoms with van der Waals surface area (Å²) in [6, 6.07) is 3.85. The number of nitrogens with zero attached hydrogens (tertiary/aromatic N) is 1. The Morgan fingerprint density at radius 2 is 2.06 bits per heavy atom. The van der Waals surface area contributed by atoms with Gasteiger partial charge in [0.15, 0.2) is 0 Å². The summed E-state index contributed by atoms with van der Waals surface area (Å²) in [5.41, 5.74) is 5.73. The van der Waals surface area contributed by atoms with Gasteiger partial charge in [0.05, 0.1) is 5.56 Å². The van der Waals surface area contributed by atoms with Crippen LogP contribution in [0, 0.1) is 5.82 Å². The van der Waals surface area contributed by atoms with E-state index >= 15 is 0 Å². The lowest BCUT2D eigenvalue weighted by molar-refractivity contribution is 0.0461. The summed E-state index contributed by atoms with van der Waals surface area (Å²) in [5, 5.41) is 0. The predicted molar refractivity (Wildman–Crippen MR) is 68.9 cm³/mol. The van der Waals surface area contributed by atoms with Crippen LogP contribution in [0.1, 0.15) is 24.2 Å².